The summed E-state index contributed by atoms with van der Waals surface area (Å²) in [4.78, 5) is 7.20. The number of aliphatic imine (C=N–C) groups is 1. The van der Waals surface area contributed by atoms with Crippen molar-refractivity contribution in [3.63, 3.8) is 0 Å². The van der Waals surface area contributed by atoms with Crippen molar-refractivity contribution in [3.8, 4) is 0 Å². The van der Waals surface area contributed by atoms with E-state index in [0.29, 0.717) is 12.1 Å². The van der Waals surface area contributed by atoms with Crippen LogP contribution in [0.4, 0.5) is 0 Å². The van der Waals surface area contributed by atoms with Gasteiger partial charge in [-0.1, -0.05) is 0 Å². The van der Waals surface area contributed by atoms with Gasteiger partial charge in [0.1, 0.15) is 0 Å². The van der Waals surface area contributed by atoms with Gasteiger partial charge in [-0.3, -0.25) is 14.6 Å². The Hall–Kier alpha value is -0.830. The molecule has 0 aliphatic rings. The van der Waals surface area contributed by atoms with Crippen molar-refractivity contribution in [2.75, 3.05) is 26.2 Å². The zero-order chi connectivity index (χ0) is 17.9. The molecule has 0 saturated heterocycles. The lowest BCUT2D eigenvalue weighted by Gasteiger charge is -2.30. The summed E-state index contributed by atoms with van der Waals surface area (Å²) in [5.74, 6) is 0.905. The Morgan fingerprint density at radius 2 is 1.92 bits per heavy atom. The predicted molar refractivity (Wildman–Crippen MR) is 118 cm³/mol. The van der Waals surface area contributed by atoms with Crippen LogP contribution in [-0.4, -0.2) is 58.9 Å². The highest BCUT2D eigenvalue weighted by atomic mass is 127. The first-order valence-corrected chi connectivity index (χ1v) is 9.19. The molecule has 1 aromatic rings. The molecular formula is C18H37IN6. The Balaban J connectivity index is 0.00000576. The minimum Gasteiger partial charge on any atom is -0.357 e. The van der Waals surface area contributed by atoms with Crippen LogP contribution >= 0.6 is 24.0 Å². The minimum atomic E-state index is 0. The third kappa shape index (κ3) is 10.0. The predicted octanol–water partition coefficient (Wildman–Crippen LogP) is 2.64. The van der Waals surface area contributed by atoms with E-state index in [1.807, 2.05) is 17.9 Å². The van der Waals surface area contributed by atoms with Gasteiger partial charge in [-0.05, 0) is 53.0 Å². The van der Waals surface area contributed by atoms with Gasteiger partial charge in [0.25, 0.3) is 0 Å². The van der Waals surface area contributed by atoms with E-state index in [-0.39, 0.29) is 24.0 Å². The minimum absolute atomic E-state index is 0. The highest BCUT2D eigenvalue weighted by Gasteiger charge is 2.12. The molecule has 0 amide bonds. The zero-order valence-electron chi connectivity index (χ0n) is 16.7. The normalized spacial score (nSPS) is 12.0. The molecule has 2 N–H and O–H groups in total. The second kappa shape index (κ2) is 13.4. The molecule has 0 fully saturated rings. The Labute approximate surface area is 170 Å². The lowest BCUT2D eigenvalue weighted by molar-refractivity contribution is 0.174. The average molecular weight is 464 g/mol. The first kappa shape index (κ1) is 24.2. The summed E-state index contributed by atoms with van der Waals surface area (Å²) in [6.07, 6.45) is 6.00. The van der Waals surface area contributed by atoms with Crippen LogP contribution in [0.3, 0.4) is 0 Å². The molecule has 7 heteroatoms. The van der Waals surface area contributed by atoms with Crippen LogP contribution in [0.15, 0.2) is 17.4 Å². The second-order valence-corrected chi connectivity index (χ2v) is 6.74. The van der Waals surface area contributed by atoms with E-state index in [9.17, 15) is 0 Å². The summed E-state index contributed by atoms with van der Waals surface area (Å²) in [5.41, 5.74) is 1.24. The Kier molecular flexibility index (Phi) is 12.9. The van der Waals surface area contributed by atoms with Crippen molar-refractivity contribution in [3.05, 3.63) is 18.0 Å². The van der Waals surface area contributed by atoms with Crippen molar-refractivity contribution < 1.29 is 0 Å². The van der Waals surface area contributed by atoms with E-state index in [1.54, 1.807) is 0 Å². The number of aromatic nitrogens is 2. The number of rotatable bonds is 10. The number of hydrogen-bond acceptors (Lipinski definition) is 3. The third-order valence-electron chi connectivity index (χ3n) is 3.98. The number of nitrogens with one attached hydrogen (secondary N) is 2. The van der Waals surface area contributed by atoms with Crippen molar-refractivity contribution in [1.82, 2.24) is 25.3 Å². The quantitative estimate of drug-likeness (QED) is 0.242. The second-order valence-electron chi connectivity index (χ2n) is 6.74. The maximum atomic E-state index is 4.69. The number of aryl methyl sites for hydroxylation is 1. The van der Waals surface area contributed by atoms with Gasteiger partial charge in [0.05, 0.1) is 6.20 Å². The van der Waals surface area contributed by atoms with E-state index in [1.165, 1.54) is 5.56 Å². The highest BCUT2D eigenvalue weighted by Crippen LogP contribution is 2.05. The van der Waals surface area contributed by atoms with Gasteiger partial charge < -0.3 is 10.6 Å². The molecule has 0 bridgehead atoms. The Morgan fingerprint density at radius 3 is 2.44 bits per heavy atom. The molecule has 0 radical (unpaired) electrons. The van der Waals surface area contributed by atoms with Crippen molar-refractivity contribution in [2.45, 2.75) is 59.5 Å². The number of halogens is 1. The molecule has 0 aromatic carbocycles. The first-order chi connectivity index (χ1) is 11.4. The van der Waals surface area contributed by atoms with Gasteiger partial charge in [0, 0.05) is 51.5 Å². The molecule has 1 heterocycles. The van der Waals surface area contributed by atoms with Crippen LogP contribution in [0.1, 0.15) is 46.6 Å². The maximum Gasteiger partial charge on any atom is 0.191 e. The third-order valence-corrected chi connectivity index (χ3v) is 3.98. The molecule has 1 rings (SSSR count). The molecule has 6 nitrogen and oxygen atoms in total. The fourth-order valence-electron chi connectivity index (χ4n) is 2.82. The molecule has 0 spiro atoms. The van der Waals surface area contributed by atoms with E-state index >= 15 is 0 Å². The van der Waals surface area contributed by atoms with Gasteiger partial charge in [-0.15, -0.1) is 24.0 Å². The molecular weight excluding hydrogens is 427 g/mol. The summed E-state index contributed by atoms with van der Waals surface area (Å²) in [6.45, 7) is 14.8. The number of hydrogen-bond donors (Lipinski definition) is 2. The molecule has 0 aliphatic heterocycles. The topological polar surface area (TPSA) is 57.5 Å². The lowest BCUT2D eigenvalue weighted by atomic mass is 10.2. The summed E-state index contributed by atoms with van der Waals surface area (Å²) in [6, 6.07) is 1.17. The van der Waals surface area contributed by atoms with Crippen molar-refractivity contribution >= 4 is 29.9 Å². The van der Waals surface area contributed by atoms with Gasteiger partial charge in [-0.25, -0.2) is 0 Å². The van der Waals surface area contributed by atoms with Crippen LogP contribution < -0.4 is 10.6 Å². The Morgan fingerprint density at radius 1 is 1.24 bits per heavy atom. The molecule has 0 atom stereocenters. The SMILES string of the molecule is CCNC(=NCCCN(C(C)C)C(C)C)NCCc1cnn(C)c1.I. The van der Waals surface area contributed by atoms with Crippen LogP contribution in [0.25, 0.3) is 0 Å². The standard InChI is InChI=1S/C18H36N6.HI/c1-7-19-18(21-11-9-17-13-22-23(6)14-17)20-10-8-12-24(15(2)3)16(4)5;/h13-16H,7-12H2,1-6H3,(H2,19,20,21);1H. The summed E-state index contributed by atoms with van der Waals surface area (Å²) < 4.78 is 1.84. The summed E-state index contributed by atoms with van der Waals surface area (Å²) >= 11 is 0. The fourth-order valence-corrected chi connectivity index (χ4v) is 2.82. The molecule has 0 aliphatic carbocycles. The number of guanidine groups is 1. The number of nitrogens with zero attached hydrogens (tertiary/aromatic N) is 4. The fraction of sp³-hybridized carbons (Fsp3) is 0.778. The van der Waals surface area contributed by atoms with Crippen LogP contribution in [0, 0.1) is 0 Å². The van der Waals surface area contributed by atoms with E-state index < -0.39 is 0 Å². The van der Waals surface area contributed by atoms with Crippen molar-refractivity contribution in [1.29, 1.82) is 0 Å². The maximum absolute atomic E-state index is 4.69. The van der Waals surface area contributed by atoms with Crippen LogP contribution in [0.5, 0.6) is 0 Å². The monoisotopic (exact) mass is 464 g/mol. The van der Waals surface area contributed by atoms with Gasteiger partial charge >= 0.3 is 0 Å². The summed E-state index contributed by atoms with van der Waals surface area (Å²) in [7, 11) is 1.94. The highest BCUT2D eigenvalue weighted by molar-refractivity contribution is 14.0. The lowest BCUT2D eigenvalue weighted by Crippen LogP contribution is -2.39. The first-order valence-electron chi connectivity index (χ1n) is 9.19. The van der Waals surface area contributed by atoms with Gasteiger partial charge in [0.2, 0.25) is 0 Å². The van der Waals surface area contributed by atoms with E-state index in [2.05, 4.69) is 66.4 Å². The smallest absolute Gasteiger partial charge is 0.191 e. The zero-order valence-corrected chi connectivity index (χ0v) is 19.1. The van der Waals surface area contributed by atoms with Crippen LogP contribution in [-0.2, 0) is 13.5 Å². The van der Waals surface area contributed by atoms with Crippen LogP contribution in [0.2, 0.25) is 0 Å². The largest absolute Gasteiger partial charge is 0.357 e. The van der Waals surface area contributed by atoms with Gasteiger partial charge in [-0.2, -0.15) is 5.10 Å². The Bertz CT molecular complexity index is 476. The molecule has 0 unspecified atom stereocenters. The summed E-state index contributed by atoms with van der Waals surface area (Å²) in [5, 5.41) is 10.9. The molecule has 146 valence electrons. The average Bonchev–Trinajstić information content (AvgIpc) is 2.91. The molecule has 0 saturated carbocycles. The van der Waals surface area contributed by atoms with Gasteiger partial charge in [0.15, 0.2) is 5.96 Å². The van der Waals surface area contributed by atoms with E-state index in [0.717, 1.165) is 45.0 Å². The van der Waals surface area contributed by atoms with E-state index in [4.69, 9.17) is 0 Å². The molecule has 1 aromatic heterocycles. The molecule has 25 heavy (non-hydrogen) atoms. The van der Waals surface area contributed by atoms with Crippen molar-refractivity contribution in [2.24, 2.45) is 12.0 Å².